The SMILES string of the molecule is CCC(=O)N(CO)COCN(CO)C(=O)CC. The smallest absolute Gasteiger partial charge is 0.225 e. The first kappa shape index (κ1) is 15.8. The highest BCUT2D eigenvalue weighted by Crippen LogP contribution is 1.97. The maximum atomic E-state index is 11.2. The lowest BCUT2D eigenvalue weighted by atomic mass is 10.4. The van der Waals surface area contributed by atoms with Crippen LogP contribution in [0.2, 0.25) is 0 Å². The molecule has 0 rings (SSSR count). The third-order valence-electron chi connectivity index (χ3n) is 2.15. The quantitative estimate of drug-likeness (QED) is 0.554. The van der Waals surface area contributed by atoms with Gasteiger partial charge in [0.05, 0.1) is 0 Å². The van der Waals surface area contributed by atoms with Crippen LogP contribution < -0.4 is 0 Å². The number of amides is 2. The summed E-state index contributed by atoms with van der Waals surface area (Å²) in [5, 5.41) is 17.8. The van der Waals surface area contributed by atoms with Gasteiger partial charge in [-0.25, -0.2) is 0 Å². The van der Waals surface area contributed by atoms with Crippen LogP contribution in [0.5, 0.6) is 0 Å². The van der Waals surface area contributed by atoms with Crippen LogP contribution >= 0.6 is 0 Å². The standard InChI is InChI=1S/C10H20N2O5/c1-3-9(15)11(5-13)7-17-8-12(6-14)10(16)4-2/h13-14H,3-8H2,1-2H3. The Balaban J connectivity index is 4.02. The van der Waals surface area contributed by atoms with Gasteiger partial charge in [0.2, 0.25) is 11.8 Å². The molecule has 0 aliphatic rings. The van der Waals surface area contributed by atoms with Gasteiger partial charge in [0.1, 0.15) is 26.9 Å². The number of ether oxygens (including phenoxy) is 1. The van der Waals surface area contributed by atoms with E-state index < -0.39 is 13.5 Å². The Morgan fingerprint density at radius 1 is 0.941 bits per heavy atom. The van der Waals surface area contributed by atoms with Crippen molar-refractivity contribution < 1.29 is 24.5 Å². The second kappa shape index (κ2) is 8.91. The van der Waals surface area contributed by atoms with Crippen molar-refractivity contribution in [3.8, 4) is 0 Å². The molecule has 0 saturated heterocycles. The molecule has 0 fully saturated rings. The molecular formula is C10H20N2O5. The van der Waals surface area contributed by atoms with Crippen LogP contribution in [0.25, 0.3) is 0 Å². The first-order valence-corrected chi connectivity index (χ1v) is 5.45. The molecule has 0 unspecified atom stereocenters. The van der Waals surface area contributed by atoms with Crippen LogP contribution in [0.3, 0.4) is 0 Å². The van der Waals surface area contributed by atoms with E-state index in [0.29, 0.717) is 0 Å². The van der Waals surface area contributed by atoms with Crippen LogP contribution in [0, 0.1) is 0 Å². The zero-order chi connectivity index (χ0) is 13.3. The summed E-state index contributed by atoms with van der Waals surface area (Å²) in [6.07, 6.45) is 0.531. The summed E-state index contributed by atoms with van der Waals surface area (Å²) < 4.78 is 5.08. The van der Waals surface area contributed by atoms with Gasteiger partial charge in [-0.1, -0.05) is 13.8 Å². The Morgan fingerprint density at radius 2 is 1.29 bits per heavy atom. The average molecular weight is 248 g/mol. The molecule has 0 saturated carbocycles. The lowest BCUT2D eigenvalue weighted by Gasteiger charge is -2.23. The molecule has 0 atom stereocenters. The van der Waals surface area contributed by atoms with Crippen LogP contribution in [0.15, 0.2) is 0 Å². The lowest BCUT2D eigenvalue weighted by molar-refractivity contribution is -0.151. The van der Waals surface area contributed by atoms with Gasteiger partial charge in [-0.2, -0.15) is 0 Å². The maximum absolute atomic E-state index is 11.2. The van der Waals surface area contributed by atoms with Crippen molar-refractivity contribution in [2.75, 3.05) is 26.9 Å². The van der Waals surface area contributed by atoms with Gasteiger partial charge in [0.15, 0.2) is 0 Å². The molecule has 0 aromatic rings. The molecule has 2 N–H and O–H groups in total. The Kier molecular flexibility index (Phi) is 8.29. The molecule has 0 heterocycles. The summed E-state index contributed by atoms with van der Waals surface area (Å²) >= 11 is 0. The van der Waals surface area contributed by atoms with Gasteiger partial charge < -0.3 is 14.9 Å². The molecule has 7 heteroatoms. The minimum Gasteiger partial charge on any atom is -0.376 e. The summed E-state index contributed by atoms with van der Waals surface area (Å²) in [6.45, 7) is 2.24. The van der Waals surface area contributed by atoms with Crippen LogP contribution in [0.1, 0.15) is 26.7 Å². The number of aliphatic hydroxyl groups excluding tert-OH is 2. The molecule has 0 bridgehead atoms. The first-order valence-electron chi connectivity index (χ1n) is 5.45. The van der Waals surface area contributed by atoms with E-state index in [-0.39, 0.29) is 38.1 Å². The predicted molar refractivity (Wildman–Crippen MR) is 59.3 cm³/mol. The molecule has 2 amide bonds. The number of hydrogen-bond acceptors (Lipinski definition) is 5. The zero-order valence-corrected chi connectivity index (χ0v) is 10.3. The van der Waals surface area contributed by atoms with Crippen LogP contribution in [0.4, 0.5) is 0 Å². The monoisotopic (exact) mass is 248 g/mol. The van der Waals surface area contributed by atoms with Gasteiger partial charge in [-0.05, 0) is 0 Å². The number of nitrogens with zero attached hydrogens (tertiary/aromatic N) is 2. The maximum Gasteiger partial charge on any atom is 0.225 e. The Bertz CT molecular complexity index is 223. The second-order valence-electron chi connectivity index (χ2n) is 3.32. The van der Waals surface area contributed by atoms with Crippen molar-refractivity contribution in [2.24, 2.45) is 0 Å². The lowest BCUT2D eigenvalue weighted by Crippen LogP contribution is -2.38. The third-order valence-corrected chi connectivity index (χ3v) is 2.15. The predicted octanol–water partition coefficient (Wildman–Crippen LogP) is -0.705. The fraction of sp³-hybridized carbons (Fsp3) is 0.800. The third kappa shape index (κ3) is 5.62. The molecule has 17 heavy (non-hydrogen) atoms. The molecule has 0 aromatic heterocycles. The van der Waals surface area contributed by atoms with Crippen LogP contribution in [-0.2, 0) is 14.3 Å². The van der Waals surface area contributed by atoms with Gasteiger partial charge in [0, 0.05) is 12.8 Å². The van der Waals surface area contributed by atoms with Crippen molar-refractivity contribution in [3.63, 3.8) is 0 Å². The highest BCUT2D eigenvalue weighted by Gasteiger charge is 2.13. The first-order chi connectivity index (χ1) is 8.10. The minimum atomic E-state index is -0.437. The van der Waals surface area contributed by atoms with Gasteiger partial charge in [-0.15, -0.1) is 0 Å². The highest BCUT2D eigenvalue weighted by atomic mass is 16.5. The summed E-state index contributed by atoms with van der Waals surface area (Å²) in [7, 11) is 0. The zero-order valence-electron chi connectivity index (χ0n) is 10.3. The Hall–Kier alpha value is -1.18. The molecule has 0 aliphatic carbocycles. The highest BCUT2D eigenvalue weighted by molar-refractivity contribution is 5.76. The average Bonchev–Trinajstić information content (AvgIpc) is 2.37. The van der Waals surface area contributed by atoms with E-state index in [9.17, 15) is 9.59 Å². The summed E-state index contributed by atoms with van der Waals surface area (Å²) in [6, 6.07) is 0. The van der Waals surface area contributed by atoms with Gasteiger partial charge >= 0.3 is 0 Å². The number of aliphatic hydroxyl groups is 2. The molecule has 100 valence electrons. The number of rotatable bonds is 8. The fourth-order valence-electron chi connectivity index (χ4n) is 1.09. The molecule has 7 nitrogen and oxygen atoms in total. The number of carbonyl (C=O) groups is 2. The van der Waals surface area contributed by atoms with Crippen LogP contribution in [-0.4, -0.2) is 58.8 Å². The van der Waals surface area contributed by atoms with E-state index in [0.717, 1.165) is 9.80 Å². The normalized spacial score (nSPS) is 10.1. The van der Waals surface area contributed by atoms with Gasteiger partial charge in [0.25, 0.3) is 0 Å². The van der Waals surface area contributed by atoms with Crippen molar-refractivity contribution in [2.45, 2.75) is 26.7 Å². The van der Waals surface area contributed by atoms with Crippen molar-refractivity contribution in [3.05, 3.63) is 0 Å². The Morgan fingerprint density at radius 3 is 1.53 bits per heavy atom. The second-order valence-corrected chi connectivity index (χ2v) is 3.32. The molecule has 0 spiro atoms. The summed E-state index contributed by atoms with van der Waals surface area (Å²) in [5.74, 6) is -0.491. The summed E-state index contributed by atoms with van der Waals surface area (Å²) in [4.78, 5) is 24.7. The van der Waals surface area contributed by atoms with E-state index >= 15 is 0 Å². The van der Waals surface area contributed by atoms with E-state index in [2.05, 4.69) is 0 Å². The van der Waals surface area contributed by atoms with E-state index in [4.69, 9.17) is 14.9 Å². The number of hydrogen-bond donors (Lipinski definition) is 2. The van der Waals surface area contributed by atoms with Crippen molar-refractivity contribution >= 4 is 11.8 Å². The van der Waals surface area contributed by atoms with Crippen molar-refractivity contribution in [1.82, 2.24) is 9.80 Å². The number of carbonyl (C=O) groups excluding carboxylic acids is 2. The molecule has 0 aromatic carbocycles. The van der Waals surface area contributed by atoms with E-state index in [1.807, 2.05) is 0 Å². The summed E-state index contributed by atoms with van der Waals surface area (Å²) in [5.41, 5.74) is 0. The largest absolute Gasteiger partial charge is 0.376 e. The van der Waals surface area contributed by atoms with E-state index in [1.54, 1.807) is 13.8 Å². The molecule has 0 radical (unpaired) electrons. The van der Waals surface area contributed by atoms with Crippen molar-refractivity contribution in [1.29, 1.82) is 0 Å². The molecular weight excluding hydrogens is 228 g/mol. The van der Waals surface area contributed by atoms with E-state index in [1.165, 1.54) is 0 Å². The topological polar surface area (TPSA) is 90.3 Å². The van der Waals surface area contributed by atoms with Gasteiger partial charge in [-0.3, -0.25) is 19.4 Å². The molecule has 0 aliphatic heterocycles. The fourth-order valence-corrected chi connectivity index (χ4v) is 1.09. The minimum absolute atomic E-state index is 0.114. The Labute approximate surface area is 101 Å².